The lowest BCUT2D eigenvalue weighted by molar-refractivity contribution is -0.0907. The summed E-state index contributed by atoms with van der Waals surface area (Å²) in [6.45, 7) is 12.5. The predicted octanol–water partition coefficient (Wildman–Crippen LogP) is 6.23. The van der Waals surface area contributed by atoms with Crippen LogP contribution < -0.4 is 0 Å². The van der Waals surface area contributed by atoms with Gasteiger partial charge in [0.15, 0.2) is 0 Å². The van der Waals surface area contributed by atoms with Crippen molar-refractivity contribution >= 4 is 0 Å². The molecule has 5 rings (SSSR count). The molecule has 3 atom stereocenters. The third-order valence-electron chi connectivity index (χ3n) is 9.27. The van der Waals surface area contributed by atoms with Gasteiger partial charge in [0, 0.05) is 18.0 Å². The molecule has 0 amide bonds. The van der Waals surface area contributed by atoms with Crippen molar-refractivity contribution in [3.63, 3.8) is 0 Å². The average Bonchev–Trinajstić information content (AvgIpc) is 2.58. The maximum Gasteiger partial charge on any atom is 0.0198 e. The van der Waals surface area contributed by atoms with Gasteiger partial charge in [-0.2, -0.15) is 0 Å². The van der Waals surface area contributed by atoms with Crippen LogP contribution in [0.5, 0.6) is 0 Å². The molecule has 1 aromatic carbocycles. The van der Waals surface area contributed by atoms with Gasteiger partial charge in [-0.05, 0) is 78.5 Å². The van der Waals surface area contributed by atoms with Gasteiger partial charge in [-0.25, -0.2) is 0 Å². The second-order valence-corrected chi connectivity index (χ2v) is 11.6. The van der Waals surface area contributed by atoms with Crippen LogP contribution in [0.25, 0.3) is 0 Å². The minimum Gasteiger partial charge on any atom is -0.299 e. The molecule has 0 N–H and O–H groups in total. The number of likely N-dealkylation sites (tertiary alicyclic amines) is 1. The van der Waals surface area contributed by atoms with Crippen molar-refractivity contribution in [3.05, 3.63) is 34.9 Å². The van der Waals surface area contributed by atoms with E-state index in [0.29, 0.717) is 10.8 Å². The van der Waals surface area contributed by atoms with E-state index < -0.39 is 0 Å². The highest BCUT2D eigenvalue weighted by Crippen LogP contribution is 2.63. The van der Waals surface area contributed by atoms with Gasteiger partial charge in [0.05, 0.1) is 0 Å². The van der Waals surface area contributed by atoms with Crippen LogP contribution >= 0.6 is 0 Å². The minimum absolute atomic E-state index is 0.249. The molecular formula is C26H39N. The Morgan fingerprint density at radius 1 is 1.04 bits per heavy atom. The second-order valence-electron chi connectivity index (χ2n) is 11.6. The molecule has 0 aromatic heterocycles. The molecule has 0 spiro atoms. The molecule has 3 aliphatic carbocycles. The molecule has 1 nitrogen and oxygen atoms in total. The molecule has 0 radical (unpaired) electrons. The van der Waals surface area contributed by atoms with E-state index in [1.807, 2.05) is 0 Å². The Labute approximate surface area is 166 Å². The van der Waals surface area contributed by atoms with E-state index in [1.54, 1.807) is 16.7 Å². The lowest BCUT2D eigenvalue weighted by Crippen LogP contribution is -2.67. The molecule has 148 valence electrons. The smallest absolute Gasteiger partial charge is 0.0198 e. The summed E-state index contributed by atoms with van der Waals surface area (Å²) in [7, 11) is 0. The van der Waals surface area contributed by atoms with Crippen LogP contribution in [0.15, 0.2) is 18.2 Å². The molecule has 1 heterocycles. The number of hydrogen-bond acceptors (Lipinski definition) is 1. The van der Waals surface area contributed by atoms with Crippen molar-refractivity contribution in [3.8, 4) is 0 Å². The van der Waals surface area contributed by atoms with Gasteiger partial charge >= 0.3 is 0 Å². The summed E-state index contributed by atoms with van der Waals surface area (Å²) in [5.41, 5.74) is 6.16. The van der Waals surface area contributed by atoms with Crippen molar-refractivity contribution < 1.29 is 0 Å². The van der Waals surface area contributed by atoms with Crippen LogP contribution in [-0.4, -0.2) is 24.0 Å². The monoisotopic (exact) mass is 365 g/mol. The summed E-state index contributed by atoms with van der Waals surface area (Å²) in [6.07, 6.45) is 12.9. The van der Waals surface area contributed by atoms with Gasteiger partial charge in [0.1, 0.15) is 0 Å². The lowest BCUT2D eigenvalue weighted by atomic mass is 9.44. The Bertz CT molecular complexity index is 724. The predicted molar refractivity (Wildman–Crippen MR) is 114 cm³/mol. The molecule has 1 saturated heterocycles. The first kappa shape index (κ1) is 18.2. The third kappa shape index (κ3) is 2.60. The van der Waals surface area contributed by atoms with Crippen molar-refractivity contribution in [1.82, 2.24) is 4.90 Å². The Kier molecular flexibility index (Phi) is 4.11. The maximum absolute atomic E-state index is 2.95. The summed E-state index contributed by atoms with van der Waals surface area (Å²) in [6, 6.07) is 8.38. The SMILES string of the molecule is CC(C)(C)c1ccc2c(c1)C13CCCCC1(C)C(C2)N(CC1CCC1)CC3. The standard InChI is InChI=1S/C26H39N/c1-24(2,3)21-11-10-20-16-23-25(4)12-5-6-13-26(25,22(20)17-21)14-15-27(23)18-19-8-7-9-19/h10-11,17,19,23H,5-9,12-16,18H2,1-4H3. The van der Waals surface area contributed by atoms with Crippen LogP contribution in [0.2, 0.25) is 0 Å². The first-order valence-corrected chi connectivity index (χ1v) is 11.7. The minimum atomic E-state index is 0.249. The Morgan fingerprint density at radius 2 is 1.81 bits per heavy atom. The Balaban J connectivity index is 1.59. The quantitative estimate of drug-likeness (QED) is 0.600. The third-order valence-corrected chi connectivity index (χ3v) is 9.27. The van der Waals surface area contributed by atoms with E-state index in [-0.39, 0.29) is 5.41 Å². The van der Waals surface area contributed by atoms with Gasteiger partial charge in [-0.1, -0.05) is 65.2 Å². The fraction of sp³-hybridized carbons (Fsp3) is 0.769. The molecule has 2 saturated carbocycles. The van der Waals surface area contributed by atoms with Crippen molar-refractivity contribution in [2.24, 2.45) is 11.3 Å². The van der Waals surface area contributed by atoms with Gasteiger partial charge < -0.3 is 0 Å². The summed E-state index contributed by atoms with van der Waals surface area (Å²) >= 11 is 0. The van der Waals surface area contributed by atoms with Gasteiger partial charge in [0.25, 0.3) is 0 Å². The number of benzene rings is 1. The number of fused-ring (bicyclic) bond motifs is 1. The fourth-order valence-corrected chi connectivity index (χ4v) is 7.26. The molecule has 1 heteroatoms. The first-order chi connectivity index (χ1) is 12.8. The Hall–Kier alpha value is -0.820. The molecule has 1 aliphatic heterocycles. The second kappa shape index (κ2) is 6.09. The zero-order valence-electron chi connectivity index (χ0n) is 18.1. The summed E-state index contributed by atoms with van der Waals surface area (Å²) in [5.74, 6) is 0.995. The van der Waals surface area contributed by atoms with E-state index in [9.17, 15) is 0 Å². The topological polar surface area (TPSA) is 3.24 Å². The normalized spacial score (nSPS) is 36.7. The number of rotatable bonds is 2. The summed E-state index contributed by atoms with van der Waals surface area (Å²) in [4.78, 5) is 2.95. The van der Waals surface area contributed by atoms with E-state index in [1.165, 1.54) is 70.9 Å². The van der Waals surface area contributed by atoms with E-state index in [2.05, 4.69) is 50.8 Å². The van der Waals surface area contributed by atoms with E-state index >= 15 is 0 Å². The van der Waals surface area contributed by atoms with Gasteiger partial charge in [-0.3, -0.25) is 4.90 Å². The van der Waals surface area contributed by atoms with Crippen LogP contribution in [0, 0.1) is 11.3 Å². The largest absolute Gasteiger partial charge is 0.299 e. The zero-order valence-corrected chi connectivity index (χ0v) is 18.1. The molecule has 1 aromatic rings. The van der Waals surface area contributed by atoms with Crippen LogP contribution in [0.3, 0.4) is 0 Å². The van der Waals surface area contributed by atoms with E-state index in [4.69, 9.17) is 0 Å². The first-order valence-electron chi connectivity index (χ1n) is 11.7. The highest BCUT2D eigenvalue weighted by Gasteiger charge is 2.61. The van der Waals surface area contributed by atoms with Crippen molar-refractivity contribution in [2.45, 2.75) is 102 Å². The molecule has 4 aliphatic rings. The molecule has 3 unspecified atom stereocenters. The van der Waals surface area contributed by atoms with Crippen LogP contribution in [0.1, 0.15) is 95.8 Å². The molecule has 3 fully saturated rings. The number of nitrogens with zero attached hydrogens (tertiary/aromatic N) is 1. The zero-order chi connectivity index (χ0) is 18.9. The fourth-order valence-electron chi connectivity index (χ4n) is 7.26. The van der Waals surface area contributed by atoms with E-state index in [0.717, 1.165) is 12.0 Å². The van der Waals surface area contributed by atoms with Crippen LogP contribution in [0.4, 0.5) is 0 Å². The van der Waals surface area contributed by atoms with Gasteiger partial charge in [-0.15, -0.1) is 0 Å². The van der Waals surface area contributed by atoms with Crippen molar-refractivity contribution in [1.29, 1.82) is 0 Å². The van der Waals surface area contributed by atoms with Gasteiger partial charge in [0.2, 0.25) is 0 Å². The highest BCUT2D eigenvalue weighted by molar-refractivity contribution is 5.46. The summed E-state index contributed by atoms with van der Waals surface area (Å²) in [5, 5.41) is 0. The van der Waals surface area contributed by atoms with Crippen LogP contribution in [-0.2, 0) is 17.3 Å². The number of piperidine rings is 1. The maximum atomic E-state index is 2.95. The average molecular weight is 366 g/mol. The molecule has 27 heavy (non-hydrogen) atoms. The lowest BCUT2D eigenvalue weighted by Gasteiger charge is -2.66. The van der Waals surface area contributed by atoms with Crippen molar-refractivity contribution in [2.75, 3.05) is 13.1 Å². The molecule has 2 bridgehead atoms. The Morgan fingerprint density at radius 3 is 2.52 bits per heavy atom. The molecular weight excluding hydrogens is 326 g/mol. The number of hydrogen-bond donors (Lipinski definition) is 0. The highest BCUT2D eigenvalue weighted by atomic mass is 15.2. The summed E-state index contributed by atoms with van der Waals surface area (Å²) < 4.78 is 0.